The largest absolute Gasteiger partial charge is 0.508 e. The summed E-state index contributed by atoms with van der Waals surface area (Å²) in [7, 11) is 0. The molecule has 4 heteroatoms. The predicted molar refractivity (Wildman–Crippen MR) is 184 cm³/mol. The normalized spacial score (nSPS) is 10.9. The summed E-state index contributed by atoms with van der Waals surface area (Å²) in [5, 5.41) is 19.4. The van der Waals surface area contributed by atoms with E-state index in [1.807, 2.05) is 84.9 Å². The Balaban J connectivity index is 0.965. The van der Waals surface area contributed by atoms with Crippen LogP contribution >= 0.6 is 0 Å². The van der Waals surface area contributed by atoms with Crippen LogP contribution in [0.2, 0.25) is 0 Å². The van der Waals surface area contributed by atoms with Crippen molar-refractivity contribution in [1.29, 1.82) is 0 Å². The SMILES string of the molecule is Oc1cccc(CCc2cccc(Oc3ccc(CCc4ccc(Oc5cccc(CCc6cccc(O)c6)c5)cc4)cc3)c2)c1. The lowest BCUT2D eigenvalue weighted by atomic mass is 10.0. The van der Waals surface area contributed by atoms with Crippen LogP contribution in [0.25, 0.3) is 0 Å². The Morgan fingerprint density at radius 1 is 0.304 bits per heavy atom. The highest BCUT2D eigenvalue weighted by Crippen LogP contribution is 2.26. The maximum atomic E-state index is 9.71. The summed E-state index contributed by atoms with van der Waals surface area (Å²) < 4.78 is 12.3. The molecule has 6 rings (SSSR count). The molecule has 0 bridgehead atoms. The Hall–Kier alpha value is -5.48. The molecule has 0 saturated heterocycles. The number of phenolic OH excluding ortho intramolecular Hbond substituents is 2. The number of ether oxygens (including phenoxy) is 2. The molecule has 0 aromatic heterocycles. The lowest BCUT2D eigenvalue weighted by Crippen LogP contribution is -1.94. The van der Waals surface area contributed by atoms with Gasteiger partial charge in [-0.1, -0.05) is 72.8 Å². The van der Waals surface area contributed by atoms with Crippen molar-refractivity contribution in [2.75, 3.05) is 0 Å². The van der Waals surface area contributed by atoms with Crippen LogP contribution in [0.4, 0.5) is 0 Å². The Kier molecular flexibility index (Phi) is 9.96. The molecule has 0 aliphatic carbocycles. The second-order valence-electron chi connectivity index (χ2n) is 11.6. The Morgan fingerprint density at radius 2 is 0.630 bits per heavy atom. The zero-order valence-electron chi connectivity index (χ0n) is 25.8. The number of benzene rings is 6. The third-order valence-corrected chi connectivity index (χ3v) is 8.04. The van der Waals surface area contributed by atoms with Crippen molar-refractivity contribution in [1.82, 2.24) is 0 Å². The van der Waals surface area contributed by atoms with Gasteiger partial charge in [-0.25, -0.2) is 0 Å². The fourth-order valence-electron chi connectivity index (χ4n) is 5.54. The molecule has 0 unspecified atom stereocenters. The third-order valence-electron chi connectivity index (χ3n) is 8.04. The maximum Gasteiger partial charge on any atom is 0.127 e. The Labute approximate surface area is 271 Å². The van der Waals surface area contributed by atoms with Gasteiger partial charge in [0, 0.05) is 0 Å². The molecule has 6 aromatic rings. The molecule has 2 N–H and O–H groups in total. The average Bonchev–Trinajstić information content (AvgIpc) is 3.07. The highest BCUT2D eigenvalue weighted by atomic mass is 16.5. The first-order chi connectivity index (χ1) is 22.5. The molecule has 0 spiro atoms. The van der Waals surface area contributed by atoms with E-state index in [0.717, 1.165) is 72.6 Å². The monoisotopic (exact) mass is 606 g/mol. The van der Waals surface area contributed by atoms with Gasteiger partial charge in [0.25, 0.3) is 0 Å². The van der Waals surface area contributed by atoms with E-state index < -0.39 is 0 Å². The van der Waals surface area contributed by atoms with Crippen molar-refractivity contribution in [3.63, 3.8) is 0 Å². The number of hydrogen-bond donors (Lipinski definition) is 2. The number of hydrogen-bond acceptors (Lipinski definition) is 4. The molecular formula is C42H38O4. The lowest BCUT2D eigenvalue weighted by Gasteiger charge is -2.10. The maximum absolute atomic E-state index is 9.71. The van der Waals surface area contributed by atoms with E-state index >= 15 is 0 Å². The Bertz CT molecular complexity index is 1720. The standard InChI is InChI=1S/C42H38O4/c43-37-9-1-5-33(27-37)15-17-35-7-3-11-41(29-35)45-39-23-19-31(20-24-39)13-14-32-21-25-40(26-22-32)46-42-12-4-8-36(30-42)18-16-34-6-2-10-38(44)28-34/h1-12,19-30,43-44H,13-18H2. The quantitative estimate of drug-likeness (QED) is 0.137. The van der Waals surface area contributed by atoms with E-state index in [1.165, 1.54) is 22.3 Å². The van der Waals surface area contributed by atoms with Crippen molar-refractivity contribution in [2.24, 2.45) is 0 Å². The van der Waals surface area contributed by atoms with Crippen LogP contribution in [0.15, 0.2) is 146 Å². The summed E-state index contributed by atoms with van der Waals surface area (Å²) in [4.78, 5) is 0. The van der Waals surface area contributed by atoms with E-state index in [1.54, 1.807) is 12.1 Å². The number of phenols is 2. The van der Waals surface area contributed by atoms with Crippen molar-refractivity contribution in [3.8, 4) is 34.5 Å². The van der Waals surface area contributed by atoms with Gasteiger partial charge in [-0.2, -0.15) is 0 Å². The van der Waals surface area contributed by atoms with Crippen LogP contribution in [0.3, 0.4) is 0 Å². The first-order valence-corrected chi connectivity index (χ1v) is 15.8. The highest BCUT2D eigenvalue weighted by Gasteiger charge is 2.05. The smallest absolute Gasteiger partial charge is 0.127 e. The van der Waals surface area contributed by atoms with Crippen LogP contribution in [-0.4, -0.2) is 10.2 Å². The molecule has 0 aliphatic rings. The van der Waals surface area contributed by atoms with Crippen LogP contribution in [0.5, 0.6) is 34.5 Å². The summed E-state index contributed by atoms with van der Waals surface area (Å²) in [6, 6.07) is 47.9. The van der Waals surface area contributed by atoms with Gasteiger partial charge in [-0.15, -0.1) is 0 Å². The van der Waals surface area contributed by atoms with E-state index in [0.29, 0.717) is 11.5 Å². The molecule has 0 radical (unpaired) electrons. The topological polar surface area (TPSA) is 58.9 Å². The van der Waals surface area contributed by atoms with Crippen LogP contribution < -0.4 is 9.47 Å². The second kappa shape index (κ2) is 15.0. The number of aryl methyl sites for hydroxylation is 6. The molecule has 0 fully saturated rings. The first kappa shape index (κ1) is 30.5. The third kappa shape index (κ3) is 9.02. The summed E-state index contributed by atoms with van der Waals surface area (Å²) in [6.45, 7) is 0. The van der Waals surface area contributed by atoms with Gasteiger partial charge >= 0.3 is 0 Å². The molecule has 46 heavy (non-hydrogen) atoms. The van der Waals surface area contributed by atoms with Gasteiger partial charge in [0.1, 0.15) is 34.5 Å². The summed E-state index contributed by atoms with van der Waals surface area (Å²) in [5.74, 6) is 3.89. The zero-order valence-corrected chi connectivity index (χ0v) is 25.8. The minimum atomic E-state index is 0.304. The molecule has 230 valence electrons. The minimum absolute atomic E-state index is 0.304. The van der Waals surface area contributed by atoms with Gasteiger partial charge < -0.3 is 19.7 Å². The van der Waals surface area contributed by atoms with E-state index in [-0.39, 0.29) is 0 Å². The molecule has 4 nitrogen and oxygen atoms in total. The van der Waals surface area contributed by atoms with Gasteiger partial charge in [-0.3, -0.25) is 0 Å². The average molecular weight is 607 g/mol. The van der Waals surface area contributed by atoms with Gasteiger partial charge in [0.2, 0.25) is 0 Å². The lowest BCUT2D eigenvalue weighted by molar-refractivity contribution is 0.474. The van der Waals surface area contributed by atoms with Gasteiger partial charge in [-0.05, 0) is 145 Å². The van der Waals surface area contributed by atoms with Crippen molar-refractivity contribution in [3.05, 3.63) is 179 Å². The van der Waals surface area contributed by atoms with Gasteiger partial charge in [0.05, 0.1) is 0 Å². The van der Waals surface area contributed by atoms with Crippen molar-refractivity contribution < 1.29 is 19.7 Å². The summed E-state index contributed by atoms with van der Waals surface area (Å²) >= 11 is 0. The Morgan fingerprint density at radius 3 is 1.00 bits per heavy atom. The van der Waals surface area contributed by atoms with Crippen LogP contribution in [-0.2, 0) is 38.5 Å². The highest BCUT2D eigenvalue weighted by molar-refractivity contribution is 5.38. The first-order valence-electron chi connectivity index (χ1n) is 15.8. The van der Waals surface area contributed by atoms with Gasteiger partial charge in [0.15, 0.2) is 0 Å². The molecule has 0 aliphatic heterocycles. The molecule has 0 saturated carbocycles. The fourth-order valence-corrected chi connectivity index (χ4v) is 5.54. The van der Waals surface area contributed by atoms with Crippen molar-refractivity contribution in [2.45, 2.75) is 38.5 Å². The number of aromatic hydroxyl groups is 2. The van der Waals surface area contributed by atoms with E-state index in [9.17, 15) is 10.2 Å². The summed E-state index contributed by atoms with van der Waals surface area (Å²) in [5.41, 5.74) is 7.15. The second-order valence-corrected chi connectivity index (χ2v) is 11.6. The zero-order chi connectivity index (χ0) is 31.6. The predicted octanol–water partition coefficient (Wildman–Crippen LogP) is 10.0. The molecule has 0 atom stereocenters. The molecule has 0 heterocycles. The fraction of sp³-hybridized carbons (Fsp3) is 0.143. The summed E-state index contributed by atoms with van der Waals surface area (Å²) in [6.07, 6.45) is 5.35. The molecule has 6 aromatic carbocycles. The van der Waals surface area contributed by atoms with E-state index in [2.05, 4.69) is 48.5 Å². The molecular weight excluding hydrogens is 568 g/mol. The minimum Gasteiger partial charge on any atom is -0.508 e. The van der Waals surface area contributed by atoms with Crippen LogP contribution in [0, 0.1) is 0 Å². The van der Waals surface area contributed by atoms with Crippen LogP contribution in [0.1, 0.15) is 33.4 Å². The van der Waals surface area contributed by atoms with E-state index in [4.69, 9.17) is 9.47 Å². The van der Waals surface area contributed by atoms with Crippen molar-refractivity contribution >= 4 is 0 Å². The number of rotatable bonds is 13. The molecule has 0 amide bonds.